The Kier molecular flexibility index (Phi) is 3.34. The molecular weight excluding hydrogens is 178 g/mol. The highest BCUT2D eigenvalue weighted by atomic mass is 16.3. The Morgan fingerprint density at radius 3 is 2.57 bits per heavy atom. The molecule has 1 rings (SSSR count). The first-order valence-corrected chi connectivity index (χ1v) is 4.90. The van der Waals surface area contributed by atoms with E-state index in [-0.39, 0.29) is 5.54 Å². The zero-order valence-electron chi connectivity index (χ0n) is 9.32. The number of furan rings is 1. The molecule has 0 aromatic carbocycles. The van der Waals surface area contributed by atoms with E-state index in [0.717, 1.165) is 12.0 Å². The van der Waals surface area contributed by atoms with Crippen molar-refractivity contribution in [2.45, 2.75) is 31.9 Å². The monoisotopic (exact) mass is 197 g/mol. The number of aliphatic hydroxyl groups excluding tert-OH is 1. The molecule has 0 fully saturated rings. The normalized spacial score (nSPS) is 18.1. The van der Waals surface area contributed by atoms with Crippen LogP contribution < -0.4 is 0 Å². The molecule has 0 saturated carbocycles. The highest BCUT2D eigenvalue weighted by Crippen LogP contribution is 2.32. The molecular formula is C11H19NO2. The lowest BCUT2D eigenvalue weighted by atomic mass is 9.87. The first-order valence-electron chi connectivity index (χ1n) is 4.90. The average Bonchev–Trinajstić information content (AvgIpc) is 2.67. The molecule has 0 aliphatic rings. The lowest BCUT2D eigenvalue weighted by molar-refractivity contribution is 0.000548. The first-order chi connectivity index (χ1) is 6.52. The summed E-state index contributed by atoms with van der Waals surface area (Å²) >= 11 is 0. The Hall–Kier alpha value is -0.800. The van der Waals surface area contributed by atoms with Crippen molar-refractivity contribution in [2.24, 2.45) is 0 Å². The van der Waals surface area contributed by atoms with E-state index in [4.69, 9.17) is 4.42 Å². The third-order valence-corrected chi connectivity index (χ3v) is 3.19. The number of hydrogen-bond donors (Lipinski definition) is 1. The van der Waals surface area contributed by atoms with Crippen LogP contribution in [0.1, 0.15) is 31.9 Å². The van der Waals surface area contributed by atoms with Crippen molar-refractivity contribution in [2.75, 3.05) is 14.1 Å². The minimum absolute atomic E-state index is 0.246. The maximum absolute atomic E-state index is 10.2. The van der Waals surface area contributed by atoms with Crippen molar-refractivity contribution < 1.29 is 9.52 Å². The van der Waals surface area contributed by atoms with E-state index < -0.39 is 6.10 Å². The molecule has 0 radical (unpaired) electrons. The third kappa shape index (κ3) is 1.83. The molecule has 0 amide bonds. The van der Waals surface area contributed by atoms with Crippen LogP contribution >= 0.6 is 0 Å². The second-order valence-corrected chi connectivity index (χ2v) is 4.06. The zero-order chi connectivity index (χ0) is 10.8. The van der Waals surface area contributed by atoms with Crippen LogP contribution in [0.3, 0.4) is 0 Å². The van der Waals surface area contributed by atoms with Gasteiger partial charge in [-0.3, -0.25) is 0 Å². The van der Waals surface area contributed by atoms with E-state index in [2.05, 4.69) is 6.92 Å². The van der Waals surface area contributed by atoms with Gasteiger partial charge in [0.15, 0.2) is 0 Å². The minimum Gasteiger partial charge on any atom is -0.472 e. The molecule has 1 heterocycles. The molecule has 0 saturated heterocycles. The molecule has 2 unspecified atom stereocenters. The summed E-state index contributed by atoms with van der Waals surface area (Å²) in [7, 11) is 3.96. The van der Waals surface area contributed by atoms with Crippen LogP contribution in [0.25, 0.3) is 0 Å². The SMILES string of the molecule is CCC(C)(C(O)c1ccoc1)N(C)C. The van der Waals surface area contributed by atoms with Gasteiger partial charge in [-0.2, -0.15) is 0 Å². The van der Waals surface area contributed by atoms with Crippen molar-refractivity contribution in [3.63, 3.8) is 0 Å². The number of hydrogen-bond acceptors (Lipinski definition) is 3. The maximum atomic E-state index is 10.2. The summed E-state index contributed by atoms with van der Waals surface area (Å²) in [6, 6.07) is 1.81. The summed E-state index contributed by atoms with van der Waals surface area (Å²) in [4.78, 5) is 2.05. The van der Waals surface area contributed by atoms with Crippen LogP contribution in [0.5, 0.6) is 0 Å². The fraction of sp³-hybridized carbons (Fsp3) is 0.636. The van der Waals surface area contributed by atoms with Crippen molar-refractivity contribution >= 4 is 0 Å². The average molecular weight is 197 g/mol. The molecule has 80 valence electrons. The van der Waals surface area contributed by atoms with Gasteiger partial charge in [0, 0.05) is 11.1 Å². The lowest BCUT2D eigenvalue weighted by Crippen LogP contribution is -2.46. The highest BCUT2D eigenvalue weighted by Gasteiger charge is 2.34. The van der Waals surface area contributed by atoms with Gasteiger partial charge in [0.05, 0.1) is 12.5 Å². The Labute approximate surface area is 85.3 Å². The van der Waals surface area contributed by atoms with Crippen LogP contribution in [-0.4, -0.2) is 29.6 Å². The van der Waals surface area contributed by atoms with Gasteiger partial charge in [0.25, 0.3) is 0 Å². The summed E-state index contributed by atoms with van der Waals surface area (Å²) in [6.07, 6.45) is 3.56. The summed E-state index contributed by atoms with van der Waals surface area (Å²) in [5.74, 6) is 0. The predicted molar refractivity (Wildman–Crippen MR) is 56.1 cm³/mol. The van der Waals surface area contributed by atoms with Crippen molar-refractivity contribution in [1.29, 1.82) is 0 Å². The van der Waals surface area contributed by atoms with E-state index in [9.17, 15) is 5.11 Å². The summed E-state index contributed by atoms with van der Waals surface area (Å²) in [5, 5.41) is 10.2. The standard InChI is InChI=1S/C11H19NO2/c1-5-11(2,12(3)4)10(13)9-6-7-14-8-9/h6-8,10,13H,5H2,1-4H3. The van der Waals surface area contributed by atoms with Crippen LogP contribution in [0, 0.1) is 0 Å². The van der Waals surface area contributed by atoms with Crippen LogP contribution in [0.15, 0.2) is 23.0 Å². The summed E-state index contributed by atoms with van der Waals surface area (Å²) < 4.78 is 4.98. The molecule has 14 heavy (non-hydrogen) atoms. The maximum Gasteiger partial charge on any atom is 0.100 e. The van der Waals surface area contributed by atoms with Gasteiger partial charge >= 0.3 is 0 Å². The van der Waals surface area contributed by atoms with Gasteiger partial charge in [-0.05, 0) is 33.5 Å². The van der Waals surface area contributed by atoms with Crippen LogP contribution in [-0.2, 0) is 0 Å². The van der Waals surface area contributed by atoms with Crippen molar-refractivity contribution in [3.05, 3.63) is 24.2 Å². The van der Waals surface area contributed by atoms with Gasteiger partial charge in [-0.1, -0.05) is 6.92 Å². The molecule has 0 spiro atoms. The Balaban J connectivity index is 2.90. The number of nitrogens with zero attached hydrogens (tertiary/aromatic N) is 1. The van der Waals surface area contributed by atoms with Gasteiger partial charge in [0.1, 0.15) is 6.10 Å². The third-order valence-electron chi connectivity index (χ3n) is 3.19. The van der Waals surface area contributed by atoms with Gasteiger partial charge in [-0.25, -0.2) is 0 Å². The molecule has 2 atom stereocenters. The van der Waals surface area contributed by atoms with Crippen molar-refractivity contribution in [3.8, 4) is 0 Å². The van der Waals surface area contributed by atoms with E-state index in [0.29, 0.717) is 0 Å². The quantitative estimate of drug-likeness (QED) is 0.802. The largest absolute Gasteiger partial charge is 0.472 e. The van der Waals surface area contributed by atoms with Gasteiger partial charge < -0.3 is 14.4 Å². The molecule has 0 aliphatic heterocycles. The lowest BCUT2D eigenvalue weighted by Gasteiger charge is -2.39. The highest BCUT2D eigenvalue weighted by molar-refractivity contribution is 5.14. The summed E-state index contributed by atoms with van der Waals surface area (Å²) in [5.41, 5.74) is 0.590. The number of aliphatic hydroxyl groups is 1. The molecule has 3 heteroatoms. The molecule has 1 aromatic heterocycles. The fourth-order valence-corrected chi connectivity index (χ4v) is 1.54. The predicted octanol–water partition coefficient (Wildman–Crippen LogP) is 2.04. The second-order valence-electron chi connectivity index (χ2n) is 4.06. The van der Waals surface area contributed by atoms with Crippen LogP contribution in [0.2, 0.25) is 0 Å². The summed E-state index contributed by atoms with van der Waals surface area (Å²) in [6.45, 7) is 4.12. The van der Waals surface area contributed by atoms with Crippen LogP contribution in [0.4, 0.5) is 0 Å². The molecule has 1 N–H and O–H groups in total. The zero-order valence-corrected chi connectivity index (χ0v) is 9.32. The van der Waals surface area contributed by atoms with Crippen molar-refractivity contribution in [1.82, 2.24) is 4.90 Å². The molecule has 0 bridgehead atoms. The van der Waals surface area contributed by atoms with Gasteiger partial charge in [-0.15, -0.1) is 0 Å². The van der Waals surface area contributed by atoms with E-state index in [1.807, 2.05) is 32.0 Å². The molecule has 0 aliphatic carbocycles. The molecule has 1 aromatic rings. The topological polar surface area (TPSA) is 36.6 Å². The number of rotatable bonds is 4. The Bertz CT molecular complexity index is 269. The molecule has 3 nitrogen and oxygen atoms in total. The minimum atomic E-state index is -0.513. The fourth-order valence-electron chi connectivity index (χ4n) is 1.54. The smallest absolute Gasteiger partial charge is 0.100 e. The van der Waals surface area contributed by atoms with E-state index in [1.165, 1.54) is 0 Å². The van der Waals surface area contributed by atoms with E-state index in [1.54, 1.807) is 12.5 Å². The van der Waals surface area contributed by atoms with E-state index >= 15 is 0 Å². The Morgan fingerprint density at radius 2 is 2.21 bits per heavy atom. The first kappa shape index (κ1) is 11.3. The number of likely N-dealkylation sites (N-methyl/N-ethyl adjacent to an activating group) is 1. The second kappa shape index (κ2) is 4.15. The van der Waals surface area contributed by atoms with Gasteiger partial charge in [0.2, 0.25) is 0 Å². The Morgan fingerprint density at radius 1 is 1.57 bits per heavy atom.